The van der Waals surface area contributed by atoms with Crippen molar-refractivity contribution in [3.63, 3.8) is 0 Å². The number of anilines is 1. The smallest absolute Gasteiger partial charge is 0.327 e. The molecule has 3 N–H and O–H groups in total. The SMILES string of the molecule is Cc1oc(-c2ccc(C(N)=O)cc2)nc1COc1cccc(C(C)(C)C(=O)N2c3ccccc3CC2C(=O)O)c1. The van der Waals surface area contributed by atoms with E-state index in [0.717, 1.165) is 5.56 Å². The second-order valence-corrected chi connectivity index (χ2v) is 10.3. The van der Waals surface area contributed by atoms with Gasteiger partial charge in [0.25, 0.3) is 0 Å². The van der Waals surface area contributed by atoms with Crippen molar-refractivity contribution >= 4 is 23.5 Å². The highest BCUT2D eigenvalue weighted by Crippen LogP contribution is 2.38. The molecule has 4 aromatic rings. The Labute approximate surface area is 231 Å². The first kappa shape index (κ1) is 26.7. The summed E-state index contributed by atoms with van der Waals surface area (Å²) in [5.74, 6) is -0.336. The number of hydrogen-bond acceptors (Lipinski definition) is 6. The lowest BCUT2D eigenvalue weighted by Crippen LogP contribution is -2.50. The maximum absolute atomic E-state index is 13.8. The lowest BCUT2D eigenvalue weighted by Gasteiger charge is -2.32. The van der Waals surface area contributed by atoms with Crippen molar-refractivity contribution in [1.29, 1.82) is 0 Å². The number of primary amides is 1. The van der Waals surface area contributed by atoms with E-state index in [4.69, 9.17) is 14.9 Å². The van der Waals surface area contributed by atoms with Crippen molar-refractivity contribution in [2.75, 3.05) is 4.90 Å². The number of hydrogen-bond donors (Lipinski definition) is 2. The van der Waals surface area contributed by atoms with Gasteiger partial charge in [-0.15, -0.1) is 0 Å². The van der Waals surface area contributed by atoms with Gasteiger partial charge in [-0.3, -0.25) is 14.5 Å². The van der Waals surface area contributed by atoms with Gasteiger partial charge in [0.2, 0.25) is 17.7 Å². The van der Waals surface area contributed by atoms with Crippen LogP contribution in [-0.4, -0.2) is 33.9 Å². The molecule has 0 radical (unpaired) electrons. The van der Waals surface area contributed by atoms with Crippen LogP contribution in [0.4, 0.5) is 5.69 Å². The van der Waals surface area contributed by atoms with Gasteiger partial charge in [-0.2, -0.15) is 0 Å². The molecule has 9 nitrogen and oxygen atoms in total. The number of oxazole rings is 1. The standard InChI is InChI=1S/C31H29N3O6/c1-18-24(33-28(40-18)20-13-11-19(12-14-20)27(32)35)17-39-23-9-6-8-22(16-23)31(2,3)30(38)34-25-10-5-4-7-21(25)15-26(34)29(36)37/h4-14,16,26H,15,17H2,1-3H3,(H2,32,35)(H,36,37). The van der Waals surface area contributed by atoms with E-state index in [-0.39, 0.29) is 18.9 Å². The quantitative estimate of drug-likeness (QED) is 0.333. The molecule has 204 valence electrons. The van der Waals surface area contributed by atoms with Crippen molar-refractivity contribution < 1.29 is 28.6 Å². The number of nitrogens with zero attached hydrogens (tertiary/aromatic N) is 2. The zero-order valence-electron chi connectivity index (χ0n) is 22.4. The second-order valence-electron chi connectivity index (χ2n) is 10.3. The van der Waals surface area contributed by atoms with E-state index in [9.17, 15) is 19.5 Å². The normalized spacial score (nSPS) is 14.6. The number of para-hydroxylation sites is 1. The largest absolute Gasteiger partial charge is 0.487 e. The van der Waals surface area contributed by atoms with Crippen LogP contribution in [0.1, 0.15) is 46.8 Å². The summed E-state index contributed by atoms with van der Waals surface area (Å²) in [5.41, 5.74) is 8.13. The molecule has 0 saturated carbocycles. The van der Waals surface area contributed by atoms with Gasteiger partial charge in [0, 0.05) is 23.2 Å². The molecule has 0 spiro atoms. The predicted molar refractivity (Wildman–Crippen MR) is 148 cm³/mol. The lowest BCUT2D eigenvalue weighted by atomic mass is 9.82. The van der Waals surface area contributed by atoms with Crippen molar-refractivity contribution in [2.24, 2.45) is 5.73 Å². The number of aromatic nitrogens is 1. The van der Waals surface area contributed by atoms with Crippen LogP contribution in [0.5, 0.6) is 5.75 Å². The summed E-state index contributed by atoms with van der Waals surface area (Å²) in [4.78, 5) is 43.2. The maximum Gasteiger partial charge on any atom is 0.327 e. The van der Waals surface area contributed by atoms with Gasteiger partial charge in [-0.1, -0.05) is 30.3 Å². The van der Waals surface area contributed by atoms with Gasteiger partial charge in [0.15, 0.2) is 0 Å². The molecular formula is C31H29N3O6. The molecule has 1 aliphatic heterocycles. The Bertz CT molecular complexity index is 1610. The molecular weight excluding hydrogens is 510 g/mol. The van der Waals surface area contributed by atoms with Crippen LogP contribution in [0.2, 0.25) is 0 Å². The first-order chi connectivity index (χ1) is 19.1. The first-order valence-electron chi connectivity index (χ1n) is 12.8. The molecule has 5 rings (SSSR count). The third kappa shape index (κ3) is 4.93. The molecule has 1 aliphatic rings. The molecule has 0 fully saturated rings. The topological polar surface area (TPSA) is 136 Å². The van der Waals surface area contributed by atoms with Gasteiger partial charge in [0.1, 0.15) is 29.9 Å². The van der Waals surface area contributed by atoms with Crippen LogP contribution in [0.3, 0.4) is 0 Å². The summed E-state index contributed by atoms with van der Waals surface area (Å²) in [5, 5.41) is 9.85. The van der Waals surface area contributed by atoms with Crippen LogP contribution in [0.25, 0.3) is 11.5 Å². The molecule has 0 aliphatic carbocycles. The number of aryl methyl sites for hydroxylation is 1. The van der Waals surface area contributed by atoms with E-state index in [1.807, 2.05) is 18.2 Å². The van der Waals surface area contributed by atoms with Gasteiger partial charge in [-0.05, 0) is 74.4 Å². The molecule has 0 bridgehead atoms. The van der Waals surface area contributed by atoms with Crippen molar-refractivity contribution in [3.05, 3.63) is 101 Å². The Kier molecular flexibility index (Phi) is 6.89. The number of ether oxygens (including phenoxy) is 1. The third-order valence-electron chi connectivity index (χ3n) is 7.25. The zero-order chi connectivity index (χ0) is 28.6. The van der Waals surface area contributed by atoms with E-state index in [1.165, 1.54) is 4.90 Å². The Morgan fingerprint density at radius 3 is 2.50 bits per heavy atom. The minimum absolute atomic E-state index is 0.132. The zero-order valence-corrected chi connectivity index (χ0v) is 22.4. The number of amides is 2. The summed E-state index contributed by atoms with van der Waals surface area (Å²) in [6, 6.07) is 20.2. The minimum atomic E-state index is -1.04. The number of carbonyl (C=O) groups is 3. The van der Waals surface area contributed by atoms with E-state index in [1.54, 1.807) is 75.4 Å². The van der Waals surface area contributed by atoms with Crippen LogP contribution >= 0.6 is 0 Å². The summed E-state index contributed by atoms with van der Waals surface area (Å²) in [6.07, 6.45) is 0.269. The molecule has 40 heavy (non-hydrogen) atoms. The summed E-state index contributed by atoms with van der Waals surface area (Å²) in [6.45, 7) is 5.49. The molecule has 1 atom stereocenters. The summed E-state index contributed by atoms with van der Waals surface area (Å²) in [7, 11) is 0. The molecule has 1 unspecified atom stereocenters. The maximum atomic E-state index is 13.8. The molecule has 1 aromatic heterocycles. The fourth-order valence-electron chi connectivity index (χ4n) is 4.85. The predicted octanol–water partition coefficient (Wildman–Crippen LogP) is 4.65. The molecule has 2 amide bonds. The van der Waals surface area contributed by atoms with Crippen LogP contribution in [0, 0.1) is 6.92 Å². The van der Waals surface area contributed by atoms with Gasteiger partial charge < -0.3 is 20.0 Å². The summed E-state index contributed by atoms with van der Waals surface area (Å²) < 4.78 is 11.8. The van der Waals surface area contributed by atoms with Crippen LogP contribution in [0.15, 0.2) is 77.2 Å². The van der Waals surface area contributed by atoms with Crippen LogP contribution < -0.4 is 15.4 Å². The summed E-state index contributed by atoms with van der Waals surface area (Å²) >= 11 is 0. The number of benzene rings is 3. The van der Waals surface area contributed by atoms with E-state index in [0.29, 0.717) is 45.5 Å². The fourth-order valence-corrected chi connectivity index (χ4v) is 4.85. The van der Waals surface area contributed by atoms with Crippen LogP contribution in [-0.2, 0) is 28.0 Å². The minimum Gasteiger partial charge on any atom is -0.487 e. The van der Waals surface area contributed by atoms with Gasteiger partial charge in [0.05, 0.1) is 5.41 Å². The number of carboxylic acid groups (broad SMARTS) is 1. The number of carboxylic acids is 1. The van der Waals surface area contributed by atoms with Crippen molar-refractivity contribution in [2.45, 2.75) is 45.3 Å². The molecule has 9 heteroatoms. The number of carbonyl (C=O) groups excluding carboxylic acids is 2. The highest BCUT2D eigenvalue weighted by Gasteiger charge is 2.44. The Hall–Kier alpha value is -4.92. The average molecular weight is 540 g/mol. The monoisotopic (exact) mass is 539 g/mol. The fraction of sp³-hybridized carbons (Fsp3) is 0.226. The Morgan fingerprint density at radius 1 is 1.07 bits per heavy atom. The highest BCUT2D eigenvalue weighted by molar-refractivity contribution is 6.06. The number of aliphatic carboxylic acids is 1. The lowest BCUT2D eigenvalue weighted by molar-refractivity contribution is -0.140. The molecule has 2 heterocycles. The highest BCUT2D eigenvalue weighted by atomic mass is 16.5. The van der Waals surface area contributed by atoms with E-state index >= 15 is 0 Å². The third-order valence-corrected chi connectivity index (χ3v) is 7.25. The number of rotatable bonds is 8. The van der Waals surface area contributed by atoms with Gasteiger partial charge >= 0.3 is 5.97 Å². The Morgan fingerprint density at radius 2 is 1.80 bits per heavy atom. The van der Waals surface area contributed by atoms with E-state index < -0.39 is 23.3 Å². The van der Waals surface area contributed by atoms with E-state index in [2.05, 4.69) is 4.98 Å². The molecule has 0 saturated heterocycles. The number of nitrogens with two attached hydrogens (primary N) is 1. The Balaban J connectivity index is 1.34. The molecule has 3 aromatic carbocycles. The number of fused-ring (bicyclic) bond motifs is 1. The van der Waals surface area contributed by atoms with Crippen molar-refractivity contribution in [1.82, 2.24) is 4.98 Å². The van der Waals surface area contributed by atoms with Gasteiger partial charge in [-0.25, -0.2) is 9.78 Å². The average Bonchev–Trinajstić information content (AvgIpc) is 3.52. The second kappa shape index (κ2) is 10.3. The first-order valence-corrected chi connectivity index (χ1v) is 12.8. The van der Waals surface area contributed by atoms with Crippen molar-refractivity contribution in [3.8, 4) is 17.2 Å².